The molecule has 1 aliphatic rings. The van der Waals surface area contributed by atoms with Crippen molar-refractivity contribution in [3.63, 3.8) is 0 Å². The zero-order valence-electron chi connectivity index (χ0n) is 23.7. The first-order valence-electron chi connectivity index (χ1n) is 14.4. The molecule has 1 saturated heterocycles. The molecule has 39 heavy (non-hydrogen) atoms. The van der Waals surface area contributed by atoms with Crippen molar-refractivity contribution in [3.05, 3.63) is 89.5 Å². The first-order valence-corrected chi connectivity index (χ1v) is 14.4. The van der Waals surface area contributed by atoms with Crippen molar-refractivity contribution in [2.75, 3.05) is 40.5 Å². The average Bonchev–Trinajstić information content (AvgIpc) is 3.00. The summed E-state index contributed by atoms with van der Waals surface area (Å²) >= 11 is 0. The van der Waals surface area contributed by atoms with Gasteiger partial charge in [-0.15, -0.1) is 0 Å². The Hall–Kier alpha value is -3.50. The summed E-state index contributed by atoms with van der Waals surface area (Å²) in [4.78, 5) is 2.57. The van der Waals surface area contributed by atoms with Crippen LogP contribution in [0.1, 0.15) is 49.3 Å². The van der Waals surface area contributed by atoms with Gasteiger partial charge in [0.05, 0.1) is 20.8 Å². The van der Waals surface area contributed by atoms with Gasteiger partial charge in [-0.05, 0) is 109 Å². The molecule has 0 amide bonds. The molecule has 1 heterocycles. The predicted molar refractivity (Wildman–Crippen MR) is 162 cm³/mol. The Morgan fingerprint density at radius 3 is 2.26 bits per heavy atom. The number of fused-ring (bicyclic) bond motifs is 1. The molecule has 4 nitrogen and oxygen atoms in total. The third-order valence-corrected chi connectivity index (χ3v) is 7.98. The lowest BCUT2D eigenvalue weighted by atomic mass is 9.87. The van der Waals surface area contributed by atoms with E-state index in [-0.39, 0.29) is 0 Å². The molecular formula is C35H41NO3. The van der Waals surface area contributed by atoms with Crippen LogP contribution in [0.2, 0.25) is 0 Å². The number of hydrogen-bond donors (Lipinski definition) is 0. The lowest BCUT2D eigenvalue weighted by Crippen LogP contribution is -2.31. The molecule has 1 fully saturated rings. The highest BCUT2D eigenvalue weighted by Gasteiger charge is 2.16. The van der Waals surface area contributed by atoms with Gasteiger partial charge in [-0.25, -0.2) is 0 Å². The van der Waals surface area contributed by atoms with Crippen LogP contribution in [0.3, 0.4) is 0 Å². The van der Waals surface area contributed by atoms with Crippen LogP contribution in [0, 0.1) is 0 Å². The molecule has 0 N–H and O–H groups in total. The third kappa shape index (κ3) is 6.39. The molecule has 0 radical (unpaired) electrons. The maximum absolute atomic E-state index is 6.09. The Morgan fingerprint density at radius 2 is 1.51 bits per heavy atom. The van der Waals surface area contributed by atoms with Crippen LogP contribution in [-0.2, 0) is 12.8 Å². The number of ether oxygens (including phenoxy) is 3. The monoisotopic (exact) mass is 523 g/mol. The topological polar surface area (TPSA) is 30.9 Å². The summed E-state index contributed by atoms with van der Waals surface area (Å²) in [5, 5.41) is 2.43. The largest absolute Gasteiger partial charge is 0.497 e. The molecule has 0 bridgehead atoms. The van der Waals surface area contributed by atoms with E-state index in [1.807, 2.05) is 0 Å². The quantitative estimate of drug-likeness (QED) is 0.187. The fourth-order valence-corrected chi connectivity index (χ4v) is 5.88. The number of benzene rings is 4. The highest BCUT2D eigenvalue weighted by atomic mass is 16.5. The highest BCUT2D eigenvalue weighted by molar-refractivity contribution is 5.93. The maximum Gasteiger partial charge on any atom is 0.122 e. The Labute approximate surface area is 233 Å². The van der Waals surface area contributed by atoms with E-state index >= 15 is 0 Å². The first-order chi connectivity index (χ1) is 19.2. The summed E-state index contributed by atoms with van der Waals surface area (Å²) in [5.74, 6) is 2.76. The van der Waals surface area contributed by atoms with Crippen LogP contribution in [-0.4, -0.2) is 45.4 Å². The second-order valence-electron chi connectivity index (χ2n) is 10.4. The standard InChI is InChI=1S/C35H41NO3/c1-4-30-32(10-8-11-35(30)38-3)33-18-14-27-25-29(37-2)17-19-31(27)34(33)24-26-12-15-28(16-13-26)39-23-9-22-36-20-6-5-7-21-36/h8,10-19,25H,4-7,9,20-24H2,1-3H3. The molecule has 4 aromatic rings. The number of piperidine rings is 1. The molecule has 1 aliphatic heterocycles. The van der Waals surface area contributed by atoms with Crippen molar-refractivity contribution >= 4 is 10.8 Å². The molecule has 0 spiro atoms. The normalized spacial score (nSPS) is 13.9. The lowest BCUT2D eigenvalue weighted by molar-refractivity contribution is 0.205. The van der Waals surface area contributed by atoms with Gasteiger partial charge in [-0.2, -0.15) is 0 Å². The SMILES string of the molecule is CCc1c(OC)cccc1-c1ccc2cc(OC)ccc2c1Cc1ccc(OCCCN2CCCCC2)cc1. The minimum Gasteiger partial charge on any atom is -0.497 e. The van der Waals surface area contributed by atoms with E-state index in [4.69, 9.17) is 14.2 Å². The summed E-state index contributed by atoms with van der Waals surface area (Å²) in [6, 6.07) is 25.8. The molecular weight excluding hydrogens is 482 g/mol. The average molecular weight is 524 g/mol. The van der Waals surface area contributed by atoms with Crippen LogP contribution in [0.15, 0.2) is 72.8 Å². The van der Waals surface area contributed by atoms with Gasteiger partial charge in [-0.1, -0.05) is 55.8 Å². The minimum absolute atomic E-state index is 0.765. The first kappa shape index (κ1) is 27.1. The molecule has 4 heteroatoms. The molecule has 0 saturated carbocycles. The number of hydrogen-bond acceptors (Lipinski definition) is 4. The van der Waals surface area contributed by atoms with Crippen LogP contribution in [0.4, 0.5) is 0 Å². The highest BCUT2D eigenvalue weighted by Crippen LogP contribution is 2.38. The predicted octanol–water partition coefficient (Wildman–Crippen LogP) is 7.93. The van der Waals surface area contributed by atoms with E-state index in [1.165, 1.54) is 70.9 Å². The number of nitrogens with zero attached hydrogens (tertiary/aromatic N) is 1. The zero-order chi connectivity index (χ0) is 27.0. The van der Waals surface area contributed by atoms with Crippen LogP contribution in [0.25, 0.3) is 21.9 Å². The number of likely N-dealkylation sites (tertiary alicyclic amines) is 1. The van der Waals surface area contributed by atoms with Crippen molar-refractivity contribution in [1.82, 2.24) is 4.90 Å². The molecule has 0 aromatic heterocycles. The minimum atomic E-state index is 0.765. The van der Waals surface area contributed by atoms with E-state index in [0.717, 1.165) is 49.7 Å². The van der Waals surface area contributed by atoms with Gasteiger partial charge in [0, 0.05) is 12.1 Å². The molecule has 0 unspecified atom stereocenters. The van der Waals surface area contributed by atoms with E-state index < -0.39 is 0 Å². The summed E-state index contributed by atoms with van der Waals surface area (Å²) in [6.45, 7) is 6.58. The lowest BCUT2D eigenvalue weighted by Gasteiger charge is -2.26. The molecule has 5 rings (SSSR count). The fraction of sp³-hybridized carbons (Fsp3) is 0.371. The summed E-state index contributed by atoms with van der Waals surface area (Å²) in [7, 11) is 3.47. The van der Waals surface area contributed by atoms with E-state index in [0.29, 0.717) is 0 Å². The van der Waals surface area contributed by atoms with Crippen molar-refractivity contribution in [2.24, 2.45) is 0 Å². The molecule has 0 atom stereocenters. The smallest absolute Gasteiger partial charge is 0.122 e. The second-order valence-corrected chi connectivity index (χ2v) is 10.4. The number of methoxy groups -OCH3 is 2. The van der Waals surface area contributed by atoms with Gasteiger partial charge in [0.25, 0.3) is 0 Å². The van der Waals surface area contributed by atoms with Crippen molar-refractivity contribution < 1.29 is 14.2 Å². The summed E-state index contributed by atoms with van der Waals surface area (Å²) in [6.07, 6.45) is 6.87. The van der Waals surface area contributed by atoms with Crippen LogP contribution in [0.5, 0.6) is 17.2 Å². The van der Waals surface area contributed by atoms with Crippen molar-refractivity contribution in [1.29, 1.82) is 0 Å². The fourth-order valence-electron chi connectivity index (χ4n) is 5.88. The van der Waals surface area contributed by atoms with Crippen molar-refractivity contribution in [3.8, 4) is 28.4 Å². The van der Waals surface area contributed by atoms with Gasteiger partial charge in [0.2, 0.25) is 0 Å². The van der Waals surface area contributed by atoms with Crippen molar-refractivity contribution in [2.45, 2.75) is 45.4 Å². The van der Waals surface area contributed by atoms with Gasteiger partial charge in [0.1, 0.15) is 17.2 Å². The van der Waals surface area contributed by atoms with Crippen LogP contribution >= 0.6 is 0 Å². The molecule has 4 aromatic carbocycles. The Kier molecular flexibility index (Phi) is 9.05. The zero-order valence-corrected chi connectivity index (χ0v) is 23.7. The Balaban J connectivity index is 1.39. The molecule has 204 valence electrons. The second kappa shape index (κ2) is 13.0. The number of rotatable bonds is 11. The Bertz CT molecular complexity index is 1370. The Morgan fingerprint density at radius 1 is 0.744 bits per heavy atom. The van der Waals surface area contributed by atoms with Gasteiger partial charge < -0.3 is 19.1 Å². The summed E-state index contributed by atoms with van der Waals surface area (Å²) < 4.78 is 17.3. The van der Waals surface area contributed by atoms with Gasteiger partial charge in [-0.3, -0.25) is 0 Å². The van der Waals surface area contributed by atoms with E-state index in [9.17, 15) is 0 Å². The molecule has 0 aliphatic carbocycles. The van der Waals surface area contributed by atoms with E-state index in [2.05, 4.69) is 84.6 Å². The maximum atomic E-state index is 6.09. The van der Waals surface area contributed by atoms with Crippen LogP contribution < -0.4 is 14.2 Å². The van der Waals surface area contributed by atoms with Gasteiger partial charge >= 0.3 is 0 Å². The summed E-state index contributed by atoms with van der Waals surface area (Å²) in [5.41, 5.74) is 6.30. The third-order valence-electron chi connectivity index (χ3n) is 7.98. The van der Waals surface area contributed by atoms with Gasteiger partial charge in [0.15, 0.2) is 0 Å². The van der Waals surface area contributed by atoms with E-state index in [1.54, 1.807) is 14.2 Å².